The first kappa shape index (κ1) is 13.2. The molecule has 1 aliphatic rings. The minimum absolute atomic E-state index is 0. The van der Waals surface area contributed by atoms with Gasteiger partial charge in [0.15, 0.2) is 0 Å². The van der Waals surface area contributed by atoms with E-state index in [0.717, 1.165) is 25.3 Å². The van der Waals surface area contributed by atoms with Crippen molar-refractivity contribution in [2.24, 2.45) is 5.73 Å². The average Bonchev–Trinajstić information content (AvgIpc) is 2.50. The Kier molecular flexibility index (Phi) is 4.50. The van der Waals surface area contributed by atoms with Crippen LogP contribution in [0.1, 0.15) is 19.3 Å². The standard InChI is InChI=1S/C11H13F2NO.ClH/c12-7-4-8(13)6-9(5-7)15-11-3-1-2-10(11)14;/h4-6,10-11H,1-3,14H2;1H. The Balaban J connectivity index is 0.00000128. The molecule has 0 saturated heterocycles. The summed E-state index contributed by atoms with van der Waals surface area (Å²) in [6.07, 6.45) is 2.64. The maximum absolute atomic E-state index is 12.8. The lowest BCUT2D eigenvalue weighted by Crippen LogP contribution is -2.33. The molecule has 0 bridgehead atoms. The molecule has 1 aromatic carbocycles. The second kappa shape index (κ2) is 5.46. The van der Waals surface area contributed by atoms with E-state index in [1.54, 1.807) is 0 Å². The van der Waals surface area contributed by atoms with Gasteiger partial charge in [-0.25, -0.2) is 8.78 Å². The zero-order chi connectivity index (χ0) is 10.8. The molecule has 2 atom stereocenters. The molecule has 0 aromatic heterocycles. The monoisotopic (exact) mass is 249 g/mol. The Morgan fingerprint density at radius 1 is 1.12 bits per heavy atom. The van der Waals surface area contributed by atoms with Gasteiger partial charge in [-0.2, -0.15) is 0 Å². The lowest BCUT2D eigenvalue weighted by molar-refractivity contribution is 0.190. The maximum Gasteiger partial charge on any atom is 0.129 e. The normalized spacial score (nSPS) is 23.9. The fourth-order valence-corrected chi connectivity index (χ4v) is 1.87. The first-order valence-corrected chi connectivity index (χ1v) is 5.03. The van der Waals surface area contributed by atoms with Crippen LogP contribution in [0.4, 0.5) is 8.78 Å². The number of benzene rings is 1. The molecule has 2 unspecified atom stereocenters. The van der Waals surface area contributed by atoms with Gasteiger partial charge in [-0.15, -0.1) is 12.4 Å². The molecule has 2 nitrogen and oxygen atoms in total. The van der Waals surface area contributed by atoms with Gasteiger partial charge in [0.1, 0.15) is 23.5 Å². The SMILES string of the molecule is Cl.NC1CCCC1Oc1cc(F)cc(F)c1. The highest BCUT2D eigenvalue weighted by Crippen LogP contribution is 2.24. The minimum atomic E-state index is -0.628. The highest BCUT2D eigenvalue weighted by atomic mass is 35.5. The summed E-state index contributed by atoms with van der Waals surface area (Å²) in [5, 5.41) is 0. The number of hydrogen-bond acceptors (Lipinski definition) is 2. The van der Waals surface area contributed by atoms with Crippen molar-refractivity contribution in [3.8, 4) is 5.75 Å². The summed E-state index contributed by atoms with van der Waals surface area (Å²) >= 11 is 0. The van der Waals surface area contributed by atoms with Crippen LogP contribution in [0.3, 0.4) is 0 Å². The fraction of sp³-hybridized carbons (Fsp3) is 0.455. The van der Waals surface area contributed by atoms with Crippen LogP contribution in [0.25, 0.3) is 0 Å². The highest BCUT2D eigenvalue weighted by Gasteiger charge is 2.25. The van der Waals surface area contributed by atoms with Crippen LogP contribution in [0.5, 0.6) is 5.75 Å². The van der Waals surface area contributed by atoms with Crippen LogP contribution >= 0.6 is 12.4 Å². The Bertz CT molecular complexity index is 342. The minimum Gasteiger partial charge on any atom is -0.489 e. The van der Waals surface area contributed by atoms with Crippen molar-refractivity contribution in [2.75, 3.05) is 0 Å². The topological polar surface area (TPSA) is 35.2 Å². The van der Waals surface area contributed by atoms with E-state index in [1.165, 1.54) is 12.1 Å². The quantitative estimate of drug-likeness (QED) is 0.875. The highest BCUT2D eigenvalue weighted by molar-refractivity contribution is 5.85. The molecule has 0 spiro atoms. The van der Waals surface area contributed by atoms with Crippen molar-refractivity contribution >= 4 is 12.4 Å². The van der Waals surface area contributed by atoms with Crippen molar-refractivity contribution in [2.45, 2.75) is 31.4 Å². The van der Waals surface area contributed by atoms with E-state index < -0.39 is 11.6 Å². The second-order valence-corrected chi connectivity index (χ2v) is 3.86. The summed E-state index contributed by atoms with van der Waals surface area (Å²) in [4.78, 5) is 0. The molecule has 0 aliphatic heterocycles. The van der Waals surface area contributed by atoms with E-state index in [1.807, 2.05) is 0 Å². The Hall–Kier alpha value is -0.870. The molecule has 1 saturated carbocycles. The van der Waals surface area contributed by atoms with Crippen molar-refractivity contribution in [3.05, 3.63) is 29.8 Å². The van der Waals surface area contributed by atoms with Gasteiger partial charge in [-0.05, 0) is 19.3 Å². The molecule has 1 aliphatic carbocycles. The van der Waals surface area contributed by atoms with Gasteiger partial charge >= 0.3 is 0 Å². The smallest absolute Gasteiger partial charge is 0.129 e. The first-order chi connectivity index (χ1) is 7.15. The van der Waals surface area contributed by atoms with Crippen molar-refractivity contribution in [1.29, 1.82) is 0 Å². The number of hydrogen-bond donors (Lipinski definition) is 1. The zero-order valence-corrected chi connectivity index (χ0v) is 9.47. The molecule has 2 rings (SSSR count). The first-order valence-electron chi connectivity index (χ1n) is 5.03. The molecule has 0 heterocycles. The van der Waals surface area contributed by atoms with Crippen molar-refractivity contribution in [3.63, 3.8) is 0 Å². The van der Waals surface area contributed by atoms with Crippen LogP contribution < -0.4 is 10.5 Å². The molecular weight excluding hydrogens is 236 g/mol. The molecule has 2 N–H and O–H groups in total. The van der Waals surface area contributed by atoms with Gasteiger partial charge in [0.25, 0.3) is 0 Å². The fourth-order valence-electron chi connectivity index (χ4n) is 1.87. The van der Waals surface area contributed by atoms with Gasteiger partial charge < -0.3 is 10.5 Å². The number of nitrogens with two attached hydrogens (primary N) is 1. The van der Waals surface area contributed by atoms with Gasteiger partial charge in [-0.1, -0.05) is 0 Å². The van der Waals surface area contributed by atoms with Crippen LogP contribution in [0.2, 0.25) is 0 Å². The average molecular weight is 250 g/mol. The molecule has 0 amide bonds. The molecule has 1 fully saturated rings. The number of ether oxygens (including phenoxy) is 1. The van der Waals surface area contributed by atoms with E-state index in [-0.39, 0.29) is 30.3 Å². The van der Waals surface area contributed by atoms with E-state index in [2.05, 4.69) is 0 Å². The predicted molar refractivity (Wildman–Crippen MR) is 59.8 cm³/mol. The summed E-state index contributed by atoms with van der Waals surface area (Å²) in [5.41, 5.74) is 5.79. The lowest BCUT2D eigenvalue weighted by Gasteiger charge is -2.17. The third kappa shape index (κ3) is 3.06. The molecule has 90 valence electrons. The summed E-state index contributed by atoms with van der Waals surface area (Å²) < 4.78 is 31.1. The van der Waals surface area contributed by atoms with Crippen molar-refractivity contribution < 1.29 is 13.5 Å². The third-order valence-electron chi connectivity index (χ3n) is 2.63. The van der Waals surface area contributed by atoms with Crippen LogP contribution in [0, 0.1) is 11.6 Å². The Labute approximate surface area is 99.2 Å². The molecule has 1 aromatic rings. The van der Waals surface area contributed by atoms with E-state index in [9.17, 15) is 8.78 Å². The zero-order valence-electron chi connectivity index (χ0n) is 8.66. The third-order valence-corrected chi connectivity index (χ3v) is 2.63. The van der Waals surface area contributed by atoms with Crippen molar-refractivity contribution in [1.82, 2.24) is 0 Å². The maximum atomic E-state index is 12.8. The van der Waals surface area contributed by atoms with E-state index in [0.29, 0.717) is 0 Å². The molecule has 5 heteroatoms. The predicted octanol–water partition coefficient (Wildman–Crippen LogP) is 2.65. The van der Waals surface area contributed by atoms with Gasteiger partial charge in [-0.3, -0.25) is 0 Å². The van der Waals surface area contributed by atoms with Crippen LogP contribution in [-0.2, 0) is 0 Å². The number of rotatable bonds is 2. The molecular formula is C11H14ClF2NO. The molecule has 0 radical (unpaired) electrons. The summed E-state index contributed by atoms with van der Waals surface area (Å²) in [6.45, 7) is 0. The van der Waals surface area contributed by atoms with Crippen LogP contribution in [-0.4, -0.2) is 12.1 Å². The molecule has 16 heavy (non-hydrogen) atoms. The van der Waals surface area contributed by atoms with Gasteiger partial charge in [0.2, 0.25) is 0 Å². The Morgan fingerprint density at radius 3 is 2.25 bits per heavy atom. The Morgan fingerprint density at radius 2 is 1.75 bits per heavy atom. The van der Waals surface area contributed by atoms with E-state index in [4.69, 9.17) is 10.5 Å². The van der Waals surface area contributed by atoms with E-state index >= 15 is 0 Å². The summed E-state index contributed by atoms with van der Waals surface area (Å²) in [5.74, 6) is -1.04. The summed E-state index contributed by atoms with van der Waals surface area (Å²) in [6, 6.07) is 3.14. The number of halogens is 3. The largest absolute Gasteiger partial charge is 0.489 e. The van der Waals surface area contributed by atoms with Gasteiger partial charge in [0, 0.05) is 24.2 Å². The lowest BCUT2D eigenvalue weighted by atomic mass is 10.2. The van der Waals surface area contributed by atoms with Crippen LogP contribution in [0.15, 0.2) is 18.2 Å². The summed E-state index contributed by atoms with van der Waals surface area (Å²) in [7, 11) is 0. The van der Waals surface area contributed by atoms with Gasteiger partial charge in [0.05, 0.1) is 0 Å². The second-order valence-electron chi connectivity index (χ2n) is 3.86.